The van der Waals surface area contributed by atoms with Crippen molar-refractivity contribution in [1.82, 2.24) is 0 Å². The van der Waals surface area contributed by atoms with Crippen LogP contribution in [-0.4, -0.2) is 15.5 Å². The number of halogens is 1. The standard InChI is InChI=1S/C7H8ClNO3S/c1-12-6-3-2-5(9)4-7(6)13(8,10)11/h2-4H,9H2,1H3. The van der Waals surface area contributed by atoms with Crippen LogP contribution in [0.1, 0.15) is 0 Å². The molecule has 0 spiro atoms. The van der Waals surface area contributed by atoms with Crippen molar-refractivity contribution in [2.24, 2.45) is 0 Å². The quantitative estimate of drug-likeness (QED) is 0.602. The van der Waals surface area contributed by atoms with E-state index in [9.17, 15) is 8.42 Å². The maximum absolute atomic E-state index is 11.0. The Labute approximate surface area is 80.7 Å². The highest BCUT2D eigenvalue weighted by molar-refractivity contribution is 8.13. The van der Waals surface area contributed by atoms with E-state index in [1.165, 1.54) is 25.3 Å². The van der Waals surface area contributed by atoms with Crippen molar-refractivity contribution in [3.8, 4) is 5.75 Å². The zero-order valence-electron chi connectivity index (χ0n) is 6.82. The van der Waals surface area contributed by atoms with Crippen LogP contribution in [0.4, 0.5) is 5.69 Å². The molecule has 0 aliphatic heterocycles. The fourth-order valence-electron chi connectivity index (χ4n) is 0.884. The van der Waals surface area contributed by atoms with Crippen molar-refractivity contribution in [2.45, 2.75) is 4.90 Å². The molecule has 0 saturated heterocycles. The van der Waals surface area contributed by atoms with Crippen molar-refractivity contribution in [3.05, 3.63) is 18.2 Å². The zero-order chi connectivity index (χ0) is 10.1. The molecule has 13 heavy (non-hydrogen) atoms. The average Bonchev–Trinajstić information content (AvgIpc) is 2.03. The van der Waals surface area contributed by atoms with Crippen LogP contribution in [0.3, 0.4) is 0 Å². The Morgan fingerprint density at radius 1 is 1.46 bits per heavy atom. The molecular formula is C7H8ClNO3S. The van der Waals surface area contributed by atoms with Gasteiger partial charge in [-0.15, -0.1) is 0 Å². The topological polar surface area (TPSA) is 69.4 Å². The summed E-state index contributed by atoms with van der Waals surface area (Å²) in [5.41, 5.74) is 5.72. The molecule has 0 radical (unpaired) electrons. The maximum atomic E-state index is 11.0. The third-order valence-corrected chi connectivity index (χ3v) is 2.79. The molecule has 0 aliphatic carbocycles. The lowest BCUT2D eigenvalue weighted by Crippen LogP contribution is -1.97. The molecule has 0 amide bonds. The van der Waals surface area contributed by atoms with Gasteiger partial charge in [0.1, 0.15) is 10.6 Å². The van der Waals surface area contributed by atoms with Gasteiger partial charge >= 0.3 is 0 Å². The van der Waals surface area contributed by atoms with Gasteiger partial charge in [0.2, 0.25) is 0 Å². The Bertz CT molecular complexity index is 416. The number of hydrogen-bond acceptors (Lipinski definition) is 4. The van der Waals surface area contributed by atoms with Gasteiger partial charge in [-0.25, -0.2) is 8.42 Å². The Kier molecular flexibility index (Phi) is 2.68. The molecule has 0 atom stereocenters. The molecule has 0 aromatic heterocycles. The second-order valence-electron chi connectivity index (χ2n) is 2.35. The van der Waals surface area contributed by atoms with Crippen LogP contribution in [0.2, 0.25) is 0 Å². The van der Waals surface area contributed by atoms with E-state index in [2.05, 4.69) is 0 Å². The van der Waals surface area contributed by atoms with E-state index >= 15 is 0 Å². The van der Waals surface area contributed by atoms with E-state index in [-0.39, 0.29) is 10.6 Å². The van der Waals surface area contributed by atoms with Crippen molar-refractivity contribution in [1.29, 1.82) is 0 Å². The molecule has 1 aromatic carbocycles. The Hall–Kier alpha value is -0.940. The number of methoxy groups -OCH3 is 1. The van der Waals surface area contributed by atoms with Gasteiger partial charge < -0.3 is 10.5 Å². The first-order valence-electron chi connectivity index (χ1n) is 3.33. The predicted octanol–water partition coefficient (Wildman–Crippen LogP) is 1.20. The van der Waals surface area contributed by atoms with E-state index in [0.717, 1.165) is 0 Å². The van der Waals surface area contributed by atoms with Gasteiger partial charge in [-0.2, -0.15) is 0 Å². The fourth-order valence-corrected chi connectivity index (χ4v) is 1.91. The van der Waals surface area contributed by atoms with Crippen LogP contribution < -0.4 is 10.5 Å². The predicted molar refractivity (Wildman–Crippen MR) is 50.4 cm³/mol. The minimum absolute atomic E-state index is 0.114. The molecule has 1 rings (SSSR count). The monoisotopic (exact) mass is 221 g/mol. The third kappa shape index (κ3) is 2.26. The number of benzene rings is 1. The number of hydrogen-bond donors (Lipinski definition) is 1. The summed E-state index contributed by atoms with van der Waals surface area (Å²) in [7, 11) is 2.71. The van der Waals surface area contributed by atoms with Gasteiger partial charge in [0.15, 0.2) is 0 Å². The zero-order valence-corrected chi connectivity index (χ0v) is 8.39. The molecule has 0 bridgehead atoms. The summed E-state index contributed by atoms with van der Waals surface area (Å²) in [5.74, 6) is 0.184. The van der Waals surface area contributed by atoms with Gasteiger partial charge in [0.25, 0.3) is 9.05 Å². The maximum Gasteiger partial charge on any atom is 0.265 e. The van der Waals surface area contributed by atoms with E-state index < -0.39 is 9.05 Å². The lowest BCUT2D eigenvalue weighted by Gasteiger charge is -2.05. The summed E-state index contributed by atoms with van der Waals surface area (Å²) >= 11 is 0. The highest BCUT2D eigenvalue weighted by atomic mass is 35.7. The van der Waals surface area contributed by atoms with Crippen LogP contribution >= 0.6 is 10.7 Å². The molecule has 2 N–H and O–H groups in total. The summed E-state index contributed by atoms with van der Waals surface area (Å²) < 4.78 is 26.8. The summed E-state index contributed by atoms with van der Waals surface area (Å²) in [6.45, 7) is 0. The third-order valence-electron chi connectivity index (χ3n) is 1.45. The van der Waals surface area contributed by atoms with Gasteiger partial charge in [-0.1, -0.05) is 0 Å². The number of nitrogens with two attached hydrogens (primary N) is 1. The summed E-state index contributed by atoms with van der Waals surface area (Å²) in [6.07, 6.45) is 0. The van der Waals surface area contributed by atoms with Crippen molar-refractivity contribution >= 4 is 25.4 Å². The molecule has 0 unspecified atom stereocenters. The Morgan fingerprint density at radius 2 is 2.08 bits per heavy atom. The van der Waals surface area contributed by atoms with Crippen LogP contribution in [0.5, 0.6) is 5.75 Å². The largest absolute Gasteiger partial charge is 0.495 e. The van der Waals surface area contributed by atoms with E-state index in [1.54, 1.807) is 0 Å². The first-order valence-corrected chi connectivity index (χ1v) is 5.64. The van der Waals surface area contributed by atoms with Gasteiger partial charge in [0.05, 0.1) is 7.11 Å². The number of ether oxygens (including phenoxy) is 1. The van der Waals surface area contributed by atoms with E-state index in [1.807, 2.05) is 0 Å². The van der Waals surface area contributed by atoms with Crippen LogP contribution in [-0.2, 0) is 9.05 Å². The Morgan fingerprint density at radius 3 is 2.54 bits per heavy atom. The van der Waals surface area contributed by atoms with E-state index in [4.69, 9.17) is 21.2 Å². The van der Waals surface area contributed by atoms with Crippen molar-refractivity contribution in [3.63, 3.8) is 0 Å². The first-order chi connectivity index (χ1) is 5.95. The highest BCUT2D eigenvalue weighted by Crippen LogP contribution is 2.28. The van der Waals surface area contributed by atoms with E-state index in [0.29, 0.717) is 5.69 Å². The minimum Gasteiger partial charge on any atom is -0.495 e. The molecule has 72 valence electrons. The molecule has 0 aliphatic rings. The lowest BCUT2D eigenvalue weighted by molar-refractivity contribution is 0.403. The number of anilines is 1. The van der Waals surface area contributed by atoms with Crippen molar-refractivity contribution in [2.75, 3.05) is 12.8 Å². The lowest BCUT2D eigenvalue weighted by atomic mass is 10.3. The molecule has 0 fully saturated rings. The summed E-state index contributed by atoms with van der Waals surface area (Å²) in [4.78, 5) is -0.114. The number of nitrogen functional groups attached to an aromatic ring is 1. The summed E-state index contributed by atoms with van der Waals surface area (Å²) in [6, 6.07) is 4.23. The molecular weight excluding hydrogens is 214 g/mol. The Balaban J connectivity index is 3.41. The smallest absolute Gasteiger partial charge is 0.265 e. The normalized spacial score (nSPS) is 11.2. The van der Waals surface area contributed by atoms with Crippen molar-refractivity contribution < 1.29 is 13.2 Å². The molecule has 6 heteroatoms. The summed E-state index contributed by atoms with van der Waals surface area (Å²) in [5, 5.41) is 0. The van der Waals surface area contributed by atoms with Gasteiger partial charge in [-0.05, 0) is 18.2 Å². The SMILES string of the molecule is COc1ccc(N)cc1S(=O)(=O)Cl. The van der Waals surface area contributed by atoms with Gasteiger partial charge in [0, 0.05) is 16.4 Å². The molecule has 0 saturated carbocycles. The van der Waals surface area contributed by atoms with Crippen LogP contribution in [0.25, 0.3) is 0 Å². The van der Waals surface area contributed by atoms with Crippen LogP contribution in [0.15, 0.2) is 23.1 Å². The minimum atomic E-state index is -3.80. The average molecular weight is 222 g/mol. The van der Waals surface area contributed by atoms with Gasteiger partial charge in [-0.3, -0.25) is 0 Å². The second kappa shape index (κ2) is 3.43. The first kappa shape index (κ1) is 10.1. The number of rotatable bonds is 2. The fraction of sp³-hybridized carbons (Fsp3) is 0.143. The second-order valence-corrected chi connectivity index (χ2v) is 4.88. The highest BCUT2D eigenvalue weighted by Gasteiger charge is 2.16. The molecule has 4 nitrogen and oxygen atoms in total. The molecule has 1 aromatic rings. The molecule has 0 heterocycles. The van der Waals surface area contributed by atoms with Crippen LogP contribution in [0, 0.1) is 0 Å².